The lowest BCUT2D eigenvalue weighted by atomic mass is 10.1. The second-order valence-electron chi connectivity index (χ2n) is 4.04. The van der Waals surface area contributed by atoms with Crippen molar-refractivity contribution in [1.82, 2.24) is 9.97 Å². The van der Waals surface area contributed by atoms with Crippen LogP contribution in [0.5, 0.6) is 11.5 Å². The van der Waals surface area contributed by atoms with Crippen LogP contribution in [0.4, 0.5) is 0 Å². The molecule has 0 unspecified atom stereocenters. The Morgan fingerprint density at radius 2 is 1.89 bits per heavy atom. The van der Waals surface area contributed by atoms with Crippen molar-refractivity contribution < 1.29 is 14.6 Å². The van der Waals surface area contributed by atoms with E-state index in [1.54, 1.807) is 14.2 Å². The minimum Gasteiger partial charge on any atom is -0.497 e. The molecule has 1 aromatic carbocycles. The Morgan fingerprint density at radius 1 is 1.11 bits per heavy atom. The second kappa shape index (κ2) is 5.67. The molecular weight excluding hydrogens is 244 g/mol. The summed E-state index contributed by atoms with van der Waals surface area (Å²) in [6.07, 6.45) is 0. The molecule has 0 fully saturated rings. The summed E-state index contributed by atoms with van der Waals surface area (Å²) >= 11 is 0. The number of aromatic nitrogens is 2. The molecule has 1 heterocycles. The lowest BCUT2D eigenvalue weighted by Crippen LogP contribution is -2.00. The van der Waals surface area contributed by atoms with Crippen LogP contribution in [0.3, 0.4) is 0 Å². The Morgan fingerprint density at radius 3 is 2.53 bits per heavy atom. The maximum Gasteiger partial charge on any atom is 0.154 e. The molecule has 0 bridgehead atoms. The summed E-state index contributed by atoms with van der Waals surface area (Å²) in [5.74, 6) is 1.81. The Hall–Kier alpha value is -2.14. The fourth-order valence-electron chi connectivity index (χ4n) is 1.85. The summed E-state index contributed by atoms with van der Waals surface area (Å²) in [5, 5.41) is 9.18. The van der Waals surface area contributed by atoms with E-state index in [9.17, 15) is 5.11 Å². The maximum atomic E-state index is 9.18. The van der Waals surface area contributed by atoms with Crippen molar-refractivity contribution >= 4 is 0 Å². The number of nitrogens with zero attached hydrogens (tertiary/aromatic N) is 2. The maximum absolute atomic E-state index is 9.18. The van der Waals surface area contributed by atoms with Gasteiger partial charge in [-0.2, -0.15) is 0 Å². The lowest BCUT2D eigenvalue weighted by Gasteiger charge is -2.11. The molecule has 100 valence electrons. The SMILES string of the molecule is COc1ccc(OC)c(-c2cc(C)nc(CO)n2)c1. The summed E-state index contributed by atoms with van der Waals surface area (Å²) in [6.45, 7) is 1.66. The van der Waals surface area contributed by atoms with E-state index < -0.39 is 0 Å². The molecule has 1 N–H and O–H groups in total. The number of aryl methyl sites for hydroxylation is 1. The van der Waals surface area contributed by atoms with Gasteiger partial charge in [0.25, 0.3) is 0 Å². The van der Waals surface area contributed by atoms with Crippen molar-refractivity contribution in [2.24, 2.45) is 0 Å². The molecule has 0 spiro atoms. The van der Waals surface area contributed by atoms with Gasteiger partial charge in [-0.25, -0.2) is 9.97 Å². The molecule has 0 saturated heterocycles. The number of hydrogen-bond donors (Lipinski definition) is 1. The highest BCUT2D eigenvalue weighted by Crippen LogP contribution is 2.32. The third-order valence-corrected chi connectivity index (χ3v) is 2.72. The molecule has 2 aromatic rings. The van der Waals surface area contributed by atoms with Crippen LogP contribution in [0.25, 0.3) is 11.3 Å². The molecule has 1 aromatic heterocycles. The second-order valence-corrected chi connectivity index (χ2v) is 4.04. The number of ether oxygens (including phenoxy) is 2. The zero-order valence-corrected chi connectivity index (χ0v) is 11.2. The summed E-state index contributed by atoms with van der Waals surface area (Å²) in [4.78, 5) is 8.45. The molecule has 5 heteroatoms. The minimum atomic E-state index is -0.193. The Bertz CT molecular complexity index is 585. The number of rotatable bonds is 4. The number of aliphatic hydroxyl groups excluding tert-OH is 1. The predicted octanol–water partition coefficient (Wildman–Crippen LogP) is 1.96. The number of benzene rings is 1. The van der Waals surface area contributed by atoms with E-state index in [0.29, 0.717) is 17.3 Å². The van der Waals surface area contributed by atoms with Gasteiger partial charge in [-0.3, -0.25) is 0 Å². The van der Waals surface area contributed by atoms with Crippen LogP contribution in [0.2, 0.25) is 0 Å². The van der Waals surface area contributed by atoms with Gasteiger partial charge in [-0.05, 0) is 31.2 Å². The zero-order chi connectivity index (χ0) is 13.8. The molecule has 0 aliphatic rings. The molecule has 0 aliphatic heterocycles. The average Bonchev–Trinajstić information content (AvgIpc) is 2.45. The van der Waals surface area contributed by atoms with Gasteiger partial charge in [0.15, 0.2) is 5.82 Å². The van der Waals surface area contributed by atoms with E-state index in [1.807, 2.05) is 31.2 Å². The van der Waals surface area contributed by atoms with Gasteiger partial charge in [0, 0.05) is 11.3 Å². The first-order chi connectivity index (χ1) is 9.17. The van der Waals surface area contributed by atoms with Crippen molar-refractivity contribution in [3.63, 3.8) is 0 Å². The van der Waals surface area contributed by atoms with Gasteiger partial charge >= 0.3 is 0 Å². The Labute approximate surface area is 111 Å². The standard InChI is InChI=1S/C14H16N2O3/c1-9-6-12(16-14(8-17)15-9)11-7-10(18-2)4-5-13(11)19-3/h4-7,17H,8H2,1-3H3. The Balaban J connectivity index is 2.59. The van der Waals surface area contributed by atoms with Crippen molar-refractivity contribution in [3.8, 4) is 22.8 Å². The van der Waals surface area contributed by atoms with Crippen molar-refractivity contribution in [2.75, 3.05) is 14.2 Å². The fraction of sp³-hybridized carbons (Fsp3) is 0.286. The molecule has 0 aliphatic carbocycles. The normalized spacial score (nSPS) is 10.3. The van der Waals surface area contributed by atoms with Crippen LogP contribution < -0.4 is 9.47 Å². The van der Waals surface area contributed by atoms with E-state index in [0.717, 1.165) is 17.0 Å². The smallest absolute Gasteiger partial charge is 0.154 e. The highest BCUT2D eigenvalue weighted by atomic mass is 16.5. The van der Waals surface area contributed by atoms with Crippen LogP contribution in [0, 0.1) is 6.92 Å². The Kier molecular flexibility index (Phi) is 3.97. The first-order valence-corrected chi connectivity index (χ1v) is 5.85. The topological polar surface area (TPSA) is 64.5 Å². The highest BCUT2D eigenvalue weighted by molar-refractivity contribution is 5.69. The van der Waals surface area contributed by atoms with E-state index in [-0.39, 0.29) is 6.61 Å². The quantitative estimate of drug-likeness (QED) is 0.910. The summed E-state index contributed by atoms with van der Waals surface area (Å²) in [6, 6.07) is 7.34. The van der Waals surface area contributed by atoms with Gasteiger partial charge in [-0.15, -0.1) is 0 Å². The van der Waals surface area contributed by atoms with E-state index in [2.05, 4.69) is 9.97 Å². The lowest BCUT2D eigenvalue weighted by molar-refractivity contribution is 0.271. The van der Waals surface area contributed by atoms with Crippen LogP contribution in [0.1, 0.15) is 11.5 Å². The third-order valence-electron chi connectivity index (χ3n) is 2.72. The van der Waals surface area contributed by atoms with Crippen molar-refractivity contribution in [3.05, 3.63) is 35.8 Å². The van der Waals surface area contributed by atoms with E-state index in [4.69, 9.17) is 9.47 Å². The highest BCUT2D eigenvalue weighted by Gasteiger charge is 2.11. The minimum absolute atomic E-state index is 0.193. The predicted molar refractivity (Wildman–Crippen MR) is 71.2 cm³/mol. The van der Waals surface area contributed by atoms with Crippen LogP contribution in [-0.2, 0) is 6.61 Å². The first-order valence-electron chi connectivity index (χ1n) is 5.85. The molecule has 2 rings (SSSR count). The van der Waals surface area contributed by atoms with Crippen molar-refractivity contribution in [2.45, 2.75) is 13.5 Å². The molecular formula is C14H16N2O3. The van der Waals surface area contributed by atoms with E-state index in [1.165, 1.54) is 0 Å². The zero-order valence-electron chi connectivity index (χ0n) is 11.2. The van der Waals surface area contributed by atoms with Gasteiger partial charge in [-0.1, -0.05) is 0 Å². The molecule has 19 heavy (non-hydrogen) atoms. The largest absolute Gasteiger partial charge is 0.497 e. The third kappa shape index (κ3) is 2.82. The van der Waals surface area contributed by atoms with Gasteiger partial charge in [0.05, 0.1) is 19.9 Å². The molecule has 0 amide bonds. The summed E-state index contributed by atoms with van der Waals surface area (Å²) < 4.78 is 10.5. The van der Waals surface area contributed by atoms with Crippen molar-refractivity contribution in [1.29, 1.82) is 0 Å². The molecule has 5 nitrogen and oxygen atoms in total. The monoisotopic (exact) mass is 260 g/mol. The number of hydrogen-bond acceptors (Lipinski definition) is 5. The molecule has 0 atom stereocenters. The number of methoxy groups -OCH3 is 2. The average molecular weight is 260 g/mol. The molecule has 0 radical (unpaired) electrons. The van der Waals surface area contributed by atoms with Gasteiger partial charge in [0.2, 0.25) is 0 Å². The van der Waals surface area contributed by atoms with Crippen LogP contribution in [-0.4, -0.2) is 29.3 Å². The fourth-order valence-corrected chi connectivity index (χ4v) is 1.85. The van der Waals surface area contributed by atoms with Crippen LogP contribution >= 0.6 is 0 Å². The summed E-state index contributed by atoms with van der Waals surface area (Å²) in [7, 11) is 3.21. The first kappa shape index (κ1) is 13.3. The van der Waals surface area contributed by atoms with Gasteiger partial charge < -0.3 is 14.6 Å². The molecule has 0 saturated carbocycles. The van der Waals surface area contributed by atoms with Gasteiger partial charge in [0.1, 0.15) is 18.1 Å². The summed E-state index contributed by atoms with van der Waals surface area (Å²) in [5.41, 5.74) is 2.30. The van der Waals surface area contributed by atoms with Crippen LogP contribution in [0.15, 0.2) is 24.3 Å². The number of aliphatic hydroxyl groups is 1. The van der Waals surface area contributed by atoms with E-state index >= 15 is 0 Å².